The van der Waals surface area contributed by atoms with Gasteiger partial charge in [0.2, 0.25) is 5.12 Å². The van der Waals surface area contributed by atoms with E-state index in [1.807, 2.05) is 0 Å². The number of aldehydes is 1. The third-order valence-corrected chi connectivity index (χ3v) is 2.51. The molecule has 0 bridgehead atoms. The van der Waals surface area contributed by atoms with Crippen molar-refractivity contribution in [3.05, 3.63) is 17.8 Å². The largest absolute Gasteiger partial charge is 0.375 e. The van der Waals surface area contributed by atoms with Crippen molar-refractivity contribution < 1.29 is 9.59 Å². The molecule has 5 heteroatoms. The van der Waals surface area contributed by atoms with Crippen LogP contribution in [0.25, 0.3) is 0 Å². The lowest BCUT2D eigenvalue weighted by Gasteiger charge is -2.14. The molecule has 0 aliphatic carbocycles. The Kier molecular flexibility index (Phi) is 2.02. The number of anilines is 1. The molecule has 1 aliphatic rings. The van der Waals surface area contributed by atoms with Crippen LogP contribution in [-0.4, -0.2) is 22.9 Å². The maximum Gasteiger partial charge on any atom is 0.214 e. The normalized spacial score (nSPS) is 14.6. The molecule has 1 N–H and O–H groups in total. The Morgan fingerprint density at radius 2 is 2.38 bits per heavy atom. The second-order valence-corrected chi connectivity index (χ2v) is 3.58. The molecule has 13 heavy (non-hydrogen) atoms. The van der Waals surface area contributed by atoms with Crippen LogP contribution in [0.5, 0.6) is 0 Å². The molecule has 0 atom stereocenters. The zero-order valence-electron chi connectivity index (χ0n) is 6.61. The molecular formula is C8H6N2O2S. The summed E-state index contributed by atoms with van der Waals surface area (Å²) < 4.78 is 0. The smallest absolute Gasteiger partial charge is 0.214 e. The average Bonchev–Trinajstić information content (AvgIpc) is 2.16. The number of nitrogens with zero attached hydrogens (tertiary/aromatic N) is 1. The topological polar surface area (TPSA) is 59.1 Å². The maximum absolute atomic E-state index is 11.0. The van der Waals surface area contributed by atoms with Gasteiger partial charge in [-0.2, -0.15) is 0 Å². The Morgan fingerprint density at radius 3 is 3.15 bits per heavy atom. The van der Waals surface area contributed by atoms with E-state index in [9.17, 15) is 9.59 Å². The van der Waals surface area contributed by atoms with Gasteiger partial charge in [-0.25, -0.2) is 4.98 Å². The van der Waals surface area contributed by atoms with Gasteiger partial charge in [-0.15, -0.1) is 0 Å². The summed E-state index contributed by atoms with van der Waals surface area (Å²) in [6.07, 6.45) is 0.667. The lowest BCUT2D eigenvalue weighted by atomic mass is 10.3. The number of carbonyl (C=O) groups excluding carboxylic acids is 2. The number of carbonyl (C=O) groups is 2. The van der Waals surface area contributed by atoms with E-state index in [0.717, 1.165) is 17.4 Å². The monoisotopic (exact) mass is 194 g/mol. The summed E-state index contributed by atoms with van der Waals surface area (Å²) in [5.41, 5.74) is 1.16. The molecule has 0 saturated heterocycles. The van der Waals surface area contributed by atoms with Crippen LogP contribution in [0.4, 0.5) is 5.69 Å². The van der Waals surface area contributed by atoms with Gasteiger partial charge in [0.15, 0.2) is 6.29 Å². The molecule has 1 aromatic rings. The van der Waals surface area contributed by atoms with Crippen LogP contribution in [0.2, 0.25) is 0 Å². The van der Waals surface area contributed by atoms with E-state index in [4.69, 9.17) is 0 Å². The predicted molar refractivity (Wildman–Crippen MR) is 49.0 cm³/mol. The fraction of sp³-hybridized carbons (Fsp3) is 0.125. The molecule has 1 aliphatic heterocycles. The Labute approximate surface area is 78.7 Å². The van der Waals surface area contributed by atoms with Gasteiger partial charge in [0.1, 0.15) is 10.7 Å². The van der Waals surface area contributed by atoms with Gasteiger partial charge in [0.25, 0.3) is 0 Å². The van der Waals surface area contributed by atoms with Crippen LogP contribution < -0.4 is 5.32 Å². The first-order valence-electron chi connectivity index (χ1n) is 3.70. The second-order valence-electron chi connectivity index (χ2n) is 2.53. The molecule has 1 aromatic heterocycles. The van der Waals surface area contributed by atoms with Gasteiger partial charge in [-0.05, 0) is 23.9 Å². The number of rotatable bonds is 1. The minimum atomic E-state index is 0.0167. The lowest BCUT2D eigenvalue weighted by molar-refractivity contribution is -0.109. The number of hydrogen-bond acceptors (Lipinski definition) is 5. The van der Waals surface area contributed by atoms with Crippen LogP contribution in [0.3, 0.4) is 0 Å². The van der Waals surface area contributed by atoms with Crippen LogP contribution in [0, 0.1) is 0 Å². The van der Waals surface area contributed by atoms with E-state index in [-0.39, 0.29) is 5.12 Å². The third kappa shape index (κ3) is 1.55. The zero-order valence-corrected chi connectivity index (χ0v) is 7.43. The summed E-state index contributed by atoms with van der Waals surface area (Å²) in [7, 11) is 0. The molecule has 66 valence electrons. The van der Waals surface area contributed by atoms with E-state index >= 15 is 0 Å². The van der Waals surface area contributed by atoms with Crippen molar-refractivity contribution in [3.63, 3.8) is 0 Å². The zero-order chi connectivity index (χ0) is 9.26. The fourth-order valence-electron chi connectivity index (χ4n) is 1.04. The number of nitrogens with one attached hydrogen (secondary N) is 1. The van der Waals surface area contributed by atoms with Gasteiger partial charge < -0.3 is 5.32 Å². The molecule has 0 saturated carbocycles. The molecule has 0 fully saturated rings. The van der Waals surface area contributed by atoms with Crippen LogP contribution in [-0.2, 0) is 4.79 Å². The quantitative estimate of drug-likeness (QED) is 0.674. The van der Waals surface area contributed by atoms with Gasteiger partial charge in [-0.3, -0.25) is 9.59 Å². The summed E-state index contributed by atoms with van der Waals surface area (Å²) in [6.45, 7) is 0.319. The van der Waals surface area contributed by atoms with Crippen molar-refractivity contribution >= 4 is 28.9 Å². The number of fused-ring (bicyclic) bond motifs is 1. The molecule has 0 radical (unpaired) electrons. The van der Waals surface area contributed by atoms with E-state index in [1.165, 1.54) is 0 Å². The first-order valence-corrected chi connectivity index (χ1v) is 4.52. The number of hydrogen-bond donors (Lipinski definition) is 1. The number of thioether (sulfide) groups is 1. The molecule has 4 nitrogen and oxygen atoms in total. The van der Waals surface area contributed by atoms with E-state index < -0.39 is 0 Å². The molecule has 2 heterocycles. The van der Waals surface area contributed by atoms with E-state index in [2.05, 4.69) is 10.3 Å². The average molecular weight is 194 g/mol. The highest BCUT2D eigenvalue weighted by Gasteiger charge is 2.16. The summed E-state index contributed by atoms with van der Waals surface area (Å²) in [5.74, 6) is 0. The summed E-state index contributed by atoms with van der Waals surface area (Å²) in [5, 5.41) is 3.52. The predicted octanol–water partition coefficient (Wildman–Crippen LogP) is 0.938. The van der Waals surface area contributed by atoms with Gasteiger partial charge in [-0.1, -0.05) is 0 Å². The first kappa shape index (κ1) is 8.25. The maximum atomic E-state index is 11.0. The first-order chi connectivity index (χ1) is 6.29. The fourth-order valence-corrected chi connectivity index (χ4v) is 1.81. The van der Waals surface area contributed by atoms with E-state index in [1.54, 1.807) is 12.1 Å². The Morgan fingerprint density at radius 1 is 1.54 bits per heavy atom. The van der Waals surface area contributed by atoms with Gasteiger partial charge >= 0.3 is 0 Å². The lowest BCUT2D eigenvalue weighted by Crippen LogP contribution is -2.16. The van der Waals surface area contributed by atoms with Crippen molar-refractivity contribution in [3.8, 4) is 0 Å². The molecule has 2 rings (SSSR count). The highest BCUT2D eigenvalue weighted by atomic mass is 32.2. The molecule has 0 amide bonds. The van der Waals surface area contributed by atoms with Crippen molar-refractivity contribution in [1.82, 2.24) is 4.98 Å². The van der Waals surface area contributed by atoms with Crippen LogP contribution in [0.1, 0.15) is 10.5 Å². The number of aromatic nitrogens is 1. The van der Waals surface area contributed by atoms with Crippen molar-refractivity contribution in [2.45, 2.75) is 5.03 Å². The van der Waals surface area contributed by atoms with Crippen molar-refractivity contribution in [2.24, 2.45) is 0 Å². The molecule has 0 unspecified atom stereocenters. The SMILES string of the molecule is O=Cc1ccc2c(n1)SC(=O)CN2. The Balaban J connectivity index is 2.43. The summed E-state index contributed by atoms with van der Waals surface area (Å²) in [6, 6.07) is 3.38. The highest BCUT2D eigenvalue weighted by Crippen LogP contribution is 2.29. The minimum absolute atomic E-state index is 0.0167. The molecule has 0 aromatic carbocycles. The molecular weight excluding hydrogens is 188 g/mol. The van der Waals surface area contributed by atoms with E-state index in [0.29, 0.717) is 23.6 Å². The molecule has 0 spiro atoms. The van der Waals surface area contributed by atoms with Gasteiger partial charge in [0.05, 0.1) is 12.2 Å². The summed E-state index contributed by atoms with van der Waals surface area (Å²) in [4.78, 5) is 25.4. The van der Waals surface area contributed by atoms with Crippen LogP contribution >= 0.6 is 11.8 Å². The van der Waals surface area contributed by atoms with Gasteiger partial charge in [0, 0.05) is 0 Å². The van der Waals surface area contributed by atoms with Crippen LogP contribution in [0.15, 0.2) is 17.2 Å². The highest BCUT2D eigenvalue weighted by molar-refractivity contribution is 8.13. The second kappa shape index (κ2) is 3.18. The van der Waals surface area contributed by atoms with Crippen molar-refractivity contribution in [1.29, 1.82) is 0 Å². The Bertz CT molecular complexity index is 378. The third-order valence-electron chi connectivity index (χ3n) is 1.64. The summed E-state index contributed by atoms with van der Waals surface area (Å²) >= 11 is 1.07. The standard InChI is InChI=1S/C8H6N2O2S/c11-4-5-1-2-6-8(10-5)13-7(12)3-9-6/h1-2,4,9H,3H2. The van der Waals surface area contributed by atoms with Crippen molar-refractivity contribution in [2.75, 3.05) is 11.9 Å². The number of pyridine rings is 1. The minimum Gasteiger partial charge on any atom is -0.375 e. The Hall–Kier alpha value is -1.36.